The second kappa shape index (κ2) is 20.4. The average molecular weight is 345 g/mol. The van der Waals surface area contributed by atoms with Gasteiger partial charge < -0.3 is 14.2 Å². The van der Waals surface area contributed by atoms with Crippen LogP contribution in [0.3, 0.4) is 0 Å². The van der Waals surface area contributed by atoms with Gasteiger partial charge in [-0.3, -0.25) is 4.79 Å². The van der Waals surface area contributed by atoms with Crippen LogP contribution < -0.4 is 0 Å². The van der Waals surface area contributed by atoms with Crippen LogP contribution in [0.2, 0.25) is 0 Å². The fourth-order valence-electron chi connectivity index (χ4n) is 2.41. The Morgan fingerprint density at radius 2 is 1.08 bits per heavy atom. The first-order valence-electron chi connectivity index (χ1n) is 10.1. The second-order valence-electron chi connectivity index (χ2n) is 6.38. The zero-order chi connectivity index (χ0) is 17.7. The Balaban J connectivity index is 3.10. The van der Waals surface area contributed by atoms with Crippen molar-refractivity contribution in [1.82, 2.24) is 0 Å². The molecule has 0 aromatic rings. The molecule has 0 spiro atoms. The molecule has 0 heterocycles. The molecule has 4 heteroatoms. The minimum absolute atomic E-state index is 0.102. The molecule has 144 valence electrons. The SMILES string of the molecule is CCCCCCCCOCCOCCCC(=O)OCCCCCC. The maximum absolute atomic E-state index is 11.5. The second-order valence-corrected chi connectivity index (χ2v) is 6.38. The highest BCUT2D eigenvalue weighted by atomic mass is 16.5. The number of rotatable bonds is 19. The minimum atomic E-state index is -0.102. The molecule has 0 bridgehead atoms. The third-order valence-corrected chi connectivity index (χ3v) is 3.94. The van der Waals surface area contributed by atoms with Crippen molar-refractivity contribution in [2.45, 2.75) is 90.9 Å². The number of carbonyl (C=O) groups is 1. The van der Waals surface area contributed by atoms with Crippen molar-refractivity contribution < 1.29 is 19.0 Å². The first-order chi connectivity index (χ1) is 11.8. The van der Waals surface area contributed by atoms with Gasteiger partial charge in [0.2, 0.25) is 0 Å². The summed E-state index contributed by atoms with van der Waals surface area (Å²) < 4.78 is 16.2. The van der Waals surface area contributed by atoms with E-state index in [1.807, 2.05) is 0 Å². The number of esters is 1. The van der Waals surface area contributed by atoms with Gasteiger partial charge in [0.15, 0.2) is 0 Å². The minimum Gasteiger partial charge on any atom is -0.466 e. The largest absolute Gasteiger partial charge is 0.466 e. The van der Waals surface area contributed by atoms with Crippen LogP contribution in [0.5, 0.6) is 0 Å². The third-order valence-electron chi connectivity index (χ3n) is 3.94. The van der Waals surface area contributed by atoms with Crippen molar-refractivity contribution in [2.24, 2.45) is 0 Å². The number of ether oxygens (including phenoxy) is 3. The predicted molar refractivity (Wildman–Crippen MR) is 99.3 cm³/mol. The number of hydrogen-bond acceptors (Lipinski definition) is 4. The van der Waals surface area contributed by atoms with Crippen LogP contribution in [0.15, 0.2) is 0 Å². The van der Waals surface area contributed by atoms with E-state index in [-0.39, 0.29) is 5.97 Å². The predicted octanol–water partition coefficient (Wildman–Crippen LogP) is 5.28. The van der Waals surface area contributed by atoms with E-state index in [9.17, 15) is 4.79 Å². The van der Waals surface area contributed by atoms with Gasteiger partial charge in [0.1, 0.15) is 0 Å². The first-order valence-corrected chi connectivity index (χ1v) is 10.1. The number of carbonyl (C=O) groups excluding carboxylic acids is 1. The summed E-state index contributed by atoms with van der Waals surface area (Å²) in [6.45, 7) is 7.67. The normalized spacial score (nSPS) is 10.9. The van der Waals surface area contributed by atoms with Crippen LogP contribution in [-0.4, -0.2) is 39.0 Å². The lowest BCUT2D eigenvalue weighted by molar-refractivity contribution is -0.144. The summed E-state index contributed by atoms with van der Waals surface area (Å²) in [7, 11) is 0. The molecule has 0 unspecified atom stereocenters. The summed E-state index contributed by atoms with van der Waals surface area (Å²) in [5.41, 5.74) is 0. The fourth-order valence-corrected chi connectivity index (χ4v) is 2.41. The molecule has 0 atom stereocenters. The molecule has 0 aliphatic heterocycles. The zero-order valence-electron chi connectivity index (χ0n) is 16.2. The molecule has 0 rings (SSSR count). The number of hydrogen-bond donors (Lipinski definition) is 0. The quantitative estimate of drug-likeness (QED) is 0.236. The van der Waals surface area contributed by atoms with Gasteiger partial charge in [-0.05, 0) is 19.3 Å². The Morgan fingerprint density at radius 1 is 0.583 bits per heavy atom. The highest BCUT2D eigenvalue weighted by Gasteiger charge is 2.02. The lowest BCUT2D eigenvalue weighted by Gasteiger charge is -2.07. The van der Waals surface area contributed by atoms with Crippen LogP contribution in [0, 0.1) is 0 Å². The highest BCUT2D eigenvalue weighted by molar-refractivity contribution is 5.69. The van der Waals surface area contributed by atoms with Crippen LogP contribution in [0.1, 0.15) is 90.9 Å². The first kappa shape index (κ1) is 23.4. The molecular formula is C20H40O4. The van der Waals surface area contributed by atoms with E-state index in [0.717, 1.165) is 32.3 Å². The molecule has 4 nitrogen and oxygen atoms in total. The van der Waals surface area contributed by atoms with Gasteiger partial charge in [-0.15, -0.1) is 0 Å². The molecular weight excluding hydrogens is 304 g/mol. The van der Waals surface area contributed by atoms with Gasteiger partial charge in [0.05, 0.1) is 19.8 Å². The molecule has 0 fully saturated rings. The lowest BCUT2D eigenvalue weighted by atomic mass is 10.1. The van der Waals surface area contributed by atoms with Gasteiger partial charge in [-0.2, -0.15) is 0 Å². The standard InChI is InChI=1S/C20H40O4/c1-3-5-7-9-10-11-15-22-18-19-23-16-13-14-20(21)24-17-12-8-6-4-2/h3-19H2,1-2H3. The summed E-state index contributed by atoms with van der Waals surface area (Å²) in [5.74, 6) is -0.102. The molecule has 0 aliphatic rings. The Kier molecular flexibility index (Phi) is 19.9. The summed E-state index contributed by atoms with van der Waals surface area (Å²) >= 11 is 0. The topological polar surface area (TPSA) is 44.8 Å². The Labute approximate surface area is 149 Å². The monoisotopic (exact) mass is 344 g/mol. The maximum Gasteiger partial charge on any atom is 0.305 e. The molecule has 0 saturated carbocycles. The van der Waals surface area contributed by atoms with E-state index in [2.05, 4.69) is 13.8 Å². The molecule has 0 radical (unpaired) electrons. The van der Waals surface area contributed by atoms with Gasteiger partial charge in [0.25, 0.3) is 0 Å². The molecule has 24 heavy (non-hydrogen) atoms. The van der Waals surface area contributed by atoms with Gasteiger partial charge in [-0.1, -0.05) is 65.2 Å². The highest BCUT2D eigenvalue weighted by Crippen LogP contribution is 2.05. The summed E-state index contributed by atoms with van der Waals surface area (Å²) in [4.78, 5) is 11.5. The lowest BCUT2D eigenvalue weighted by Crippen LogP contribution is -2.09. The van der Waals surface area contributed by atoms with Crippen molar-refractivity contribution >= 4 is 5.97 Å². The Bertz CT molecular complexity index is 256. The van der Waals surface area contributed by atoms with E-state index in [4.69, 9.17) is 14.2 Å². The van der Waals surface area contributed by atoms with E-state index >= 15 is 0 Å². The van der Waals surface area contributed by atoms with Gasteiger partial charge >= 0.3 is 5.97 Å². The Morgan fingerprint density at radius 3 is 1.75 bits per heavy atom. The smallest absolute Gasteiger partial charge is 0.305 e. The van der Waals surface area contributed by atoms with Crippen molar-refractivity contribution in [3.8, 4) is 0 Å². The average Bonchev–Trinajstić information content (AvgIpc) is 2.59. The molecule has 0 aliphatic carbocycles. The molecule has 0 N–H and O–H groups in total. The summed E-state index contributed by atoms with van der Waals surface area (Å²) in [6, 6.07) is 0. The van der Waals surface area contributed by atoms with Crippen LogP contribution >= 0.6 is 0 Å². The van der Waals surface area contributed by atoms with E-state index in [1.54, 1.807) is 0 Å². The fraction of sp³-hybridized carbons (Fsp3) is 0.950. The third kappa shape index (κ3) is 19.4. The Hall–Kier alpha value is -0.610. The molecule has 0 aromatic heterocycles. The maximum atomic E-state index is 11.5. The van der Waals surface area contributed by atoms with Crippen LogP contribution in [0.25, 0.3) is 0 Å². The molecule has 0 amide bonds. The van der Waals surface area contributed by atoms with E-state index in [0.29, 0.717) is 32.8 Å². The van der Waals surface area contributed by atoms with E-state index < -0.39 is 0 Å². The van der Waals surface area contributed by atoms with Gasteiger partial charge in [0, 0.05) is 19.6 Å². The van der Waals surface area contributed by atoms with Crippen LogP contribution in [0.4, 0.5) is 0 Å². The van der Waals surface area contributed by atoms with Gasteiger partial charge in [-0.25, -0.2) is 0 Å². The zero-order valence-corrected chi connectivity index (χ0v) is 16.2. The van der Waals surface area contributed by atoms with Crippen molar-refractivity contribution in [3.63, 3.8) is 0 Å². The number of unbranched alkanes of at least 4 members (excludes halogenated alkanes) is 8. The van der Waals surface area contributed by atoms with Crippen molar-refractivity contribution in [2.75, 3.05) is 33.0 Å². The molecule has 0 saturated heterocycles. The van der Waals surface area contributed by atoms with E-state index in [1.165, 1.54) is 44.9 Å². The summed E-state index contributed by atoms with van der Waals surface area (Å²) in [5, 5.41) is 0. The van der Waals surface area contributed by atoms with Crippen molar-refractivity contribution in [3.05, 3.63) is 0 Å². The van der Waals surface area contributed by atoms with Crippen molar-refractivity contribution in [1.29, 1.82) is 0 Å². The van der Waals surface area contributed by atoms with Crippen LogP contribution in [-0.2, 0) is 19.0 Å². The summed E-state index contributed by atoms with van der Waals surface area (Å²) in [6.07, 6.45) is 13.4. The molecule has 0 aromatic carbocycles.